The molecule has 62 heavy (non-hydrogen) atoms. The van der Waals surface area contributed by atoms with E-state index >= 15 is 0 Å². The van der Waals surface area contributed by atoms with E-state index in [1.165, 1.54) is 5.39 Å². The summed E-state index contributed by atoms with van der Waals surface area (Å²) >= 11 is 0. The number of anilines is 2. The van der Waals surface area contributed by atoms with Crippen LogP contribution in [0.5, 0.6) is 0 Å². The van der Waals surface area contributed by atoms with Gasteiger partial charge in [0.05, 0.1) is 17.1 Å². The monoisotopic (exact) mass is 852 g/mol. The Bertz CT molecular complexity index is 2660. The molecule has 0 aliphatic heterocycles. The van der Waals surface area contributed by atoms with Crippen LogP contribution in [0.1, 0.15) is 83.1 Å². The fourth-order valence-electron chi connectivity index (χ4n) is 7.97. The van der Waals surface area contributed by atoms with E-state index in [4.69, 9.17) is 10.2 Å². The van der Waals surface area contributed by atoms with Crippen molar-refractivity contribution in [3.63, 3.8) is 0 Å². The fourth-order valence-corrected chi connectivity index (χ4v) is 8.79. The van der Waals surface area contributed by atoms with Crippen molar-refractivity contribution < 1.29 is 13.0 Å². The van der Waals surface area contributed by atoms with Crippen LogP contribution in [-0.2, 0) is 10.1 Å². The van der Waals surface area contributed by atoms with E-state index in [1.54, 1.807) is 18.2 Å². The quantitative estimate of drug-likeness (QED) is 0.0974. The van der Waals surface area contributed by atoms with Crippen LogP contribution in [0.25, 0.3) is 32.7 Å². The third kappa shape index (κ3) is 12.1. The maximum absolute atomic E-state index is 13.0. The molecule has 0 aliphatic carbocycles. The highest BCUT2D eigenvalue weighted by atomic mass is 32.2. The molecule has 9 nitrogen and oxygen atoms in total. The average Bonchev–Trinajstić information content (AvgIpc) is 3.16. The van der Waals surface area contributed by atoms with Crippen LogP contribution in [-0.4, -0.2) is 39.1 Å². The van der Waals surface area contributed by atoms with Gasteiger partial charge in [0, 0.05) is 48.0 Å². The number of hydrogen-bond acceptors (Lipinski definition) is 8. The number of nitrogens with zero attached hydrogens (tertiary/aromatic N) is 6. The first-order valence-corrected chi connectivity index (χ1v) is 22.9. The smallest absolute Gasteiger partial charge is 0.297 e. The lowest BCUT2D eigenvalue weighted by atomic mass is 9.91. The topological polar surface area (TPSA) is 110 Å². The number of fused-ring (bicyclic) bond motifs is 2. The zero-order valence-corrected chi connectivity index (χ0v) is 39.5. The highest BCUT2D eigenvalue weighted by molar-refractivity contribution is 7.86. The van der Waals surface area contributed by atoms with Crippen LogP contribution in [0.4, 0.5) is 34.1 Å². The summed E-state index contributed by atoms with van der Waals surface area (Å²) in [6, 6.07) is 37.2. The van der Waals surface area contributed by atoms with Gasteiger partial charge in [-0.3, -0.25) is 4.55 Å². The lowest BCUT2D eigenvalue weighted by molar-refractivity contribution is 0.357. The second-order valence-electron chi connectivity index (χ2n) is 21.4. The van der Waals surface area contributed by atoms with Gasteiger partial charge in [0.2, 0.25) is 0 Å². The molecule has 326 valence electrons. The molecule has 0 radical (unpaired) electrons. The highest BCUT2D eigenvalue weighted by Crippen LogP contribution is 2.43. The van der Waals surface area contributed by atoms with E-state index in [0.717, 1.165) is 70.8 Å². The third-order valence-corrected chi connectivity index (χ3v) is 11.0. The van der Waals surface area contributed by atoms with E-state index in [1.807, 2.05) is 60.7 Å². The van der Waals surface area contributed by atoms with Gasteiger partial charge in [-0.2, -0.15) is 18.6 Å². The summed E-state index contributed by atoms with van der Waals surface area (Å²) in [6.07, 6.45) is 0. The SMILES string of the molecule is CC(C)(C)CN(CC(C)(C)C)c1c(N=Nc2ccc(-c3ccc(N=Nc4cc(N(CC(C)(C)C)CC(C)(C)C)c5ccccc5c4S(=O)(=O)O)cc3)cc2)ccc2ccccc12. The van der Waals surface area contributed by atoms with Crippen molar-refractivity contribution in [3.8, 4) is 11.1 Å². The maximum atomic E-state index is 13.0. The largest absolute Gasteiger partial charge is 0.370 e. The van der Waals surface area contributed by atoms with Gasteiger partial charge in [-0.05, 0) is 74.6 Å². The minimum atomic E-state index is -4.66. The van der Waals surface area contributed by atoms with Gasteiger partial charge in [-0.25, -0.2) is 0 Å². The van der Waals surface area contributed by atoms with Crippen molar-refractivity contribution in [1.29, 1.82) is 0 Å². The molecule has 0 saturated heterocycles. The summed E-state index contributed by atoms with van der Waals surface area (Å²) < 4.78 is 36.5. The Kier molecular flexibility index (Phi) is 13.2. The van der Waals surface area contributed by atoms with Gasteiger partial charge in [0.25, 0.3) is 10.1 Å². The van der Waals surface area contributed by atoms with Crippen LogP contribution < -0.4 is 9.80 Å². The summed E-state index contributed by atoms with van der Waals surface area (Å²) in [4.78, 5) is 4.50. The Morgan fingerprint density at radius 3 is 1.35 bits per heavy atom. The van der Waals surface area contributed by atoms with Crippen molar-refractivity contribution in [1.82, 2.24) is 0 Å². The van der Waals surface area contributed by atoms with Gasteiger partial charge in [0.1, 0.15) is 16.3 Å². The molecule has 0 bridgehead atoms. The molecule has 0 spiro atoms. The van der Waals surface area contributed by atoms with Gasteiger partial charge >= 0.3 is 0 Å². The first-order valence-electron chi connectivity index (χ1n) is 21.4. The highest BCUT2D eigenvalue weighted by Gasteiger charge is 2.29. The molecular formula is C52H64N6O3S. The molecule has 0 aliphatic rings. The summed E-state index contributed by atoms with van der Waals surface area (Å²) in [5, 5.41) is 22.0. The summed E-state index contributed by atoms with van der Waals surface area (Å²) in [5.41, 5.74) is 6.13. The maximum Gasteiger partial charge on any atom is 0.297 e. The third-order valence-electron chi connectivity index (χ3n) is 10.0. The predicted octanol–water partition coefficient (Wildman–Crippen LogP) is 15.5. The summed E-state index contributed by atoms with van der Waals surface area (Å²) in [5.74, 6) is 0. The van der Waals surface area contributed by atoms with Crippen molar-refractivity contribution in [2.24, 2.45) is 42.1 Å². The van der Waals surface area contributed by atoms with Crippen molar-refractivity contribution >= 4 is 65.8 Å². The molecule has 1 N–H and O–H groups in total. The Hall–Kier alpha value is -5.45. The Morgan fingerprint density at radius 2 is 0.887 bits per heavy atom. The Labute approximate surface area is 369 Å². The van der Waals surface area contributed by atoms with E-state index in [9.17, 15) is 13.0 Å². The van der Waals surface area contributed by atoms with Crippen LogP contribution in [0.3, 0.4) is 0 Å². The molecule has 0 saturated carbocycles. The molecule has 6 aromatic carbocycles. The molecule has 0 aromatic heterocycles. The van der Waals surface area contributed by atoms with Crippen LogP contribution in [0, 0.1) is 21.7 Å². The standard InChI is InChI=1S/C52H64N6O3S/c1-49(2,3)32-57(33-50(4,5)6)46-31-45(48(62(59,60)61)43-20-16-15-19-42(43)46)56-54-40-28-23-37(24-29-40)36-21-26-39(27-22-36)53-55-44-30-25-38-17-13-14-18-41(38)47(44)58(34-51(7,8)9)35-52(10,11)12/h13-31H,32-35H2,1-12H3,(H,59,60,61). The first-order chi connectivity index (χ1) is 28.8. The molecule has 0 heterocycles. The fraction of sp³-hybridized carbons (Fsp3) is 0.385. The Balaban J connectivity index is 1.29. The molecule has 0 fully saturated rings. The van der Waals surface area contributed by atoms with E-state index in [-0.39, 0.29) is 32.2 Å². The summed E-state index contributed by atoms with van der Waals surface area (Å²) in [6.45, 7) is 29.9. The molecule has 10 heteroatoms. The van der Waals surface area contributed by atoms with Crippen molar-refractivity contribution in [2.75, 3.05) is 36.0 Å². The predicted molar refractivity (Wildman–Crippen MR) is 260 cm³/mol. The van der Waals surface area contributed by atoms with Crippen LogP contribution in [0.2, 0.25) is 0 Å². The molecule has 6 rings (SSSR count). The summed E-state index contributed by atoms with van der Waals surface area (Å²) in [7, 11) is -4.66. The van der Waals surface area contributed by atoms with Crippen molar-refractivity contribution in [3.05, 3.63) is 115 Å². The second kappa shape index (κ2) is 17.7. The number of azo groups is 2. The van der Waals surface area contributed by atoms with Gasteiger partial charge in [-0.1, -0.05) is 162 Å². The first kappa shape index (κ1) is 46.1. The lowest BCUT2D eigenvalue weighted by Crippen LogP contribution is -2.38. The minimum absolute atomic E-state index is 0.0516. The lowest BCUT2D eigenvalue weighted by Gasteiger charge is -2.37. The normalized spacial score (nSPS) is 13.2. The van der Waals surface area contributed by atoms with E-state index < -0.39 is 10.1 Å². The van der Waals surface area contributed by atoms with E-state index in [0.29, 0.717) is 11.1 Å². The average molecular weight is 853 g/mol. The second-order valence-corrected chi connectivity index (χ2v) is 22.7. The number of rotatable bonds is 12. The van der Waals surface area contributed by atoms with Crippen molar-refractivity contribution in [2.45, 2.75) is 88.0 Å². The van der Waals surface area contributed by atoms with Gasteiger partial charge in [0.15, 0.2) is 0 Å². The number of benzene rings is 6. The van der Waals surface area contributed by atoms with Gasteiger partial charge in [-0.15, -0.1) is 10.2 Å². The molecule has 0 unspecified atom stereocenters. The molecule has 0 atom stereocenters. The van der Waals surface area contributed by atoms with E-state index in [2.05, 4.69) is 140 Å². The van der Waals surface area contributed by atoms with Crippen LogP contribution >= 0.6 is 0 Å². The van der Waals surface area contributed by atoms with Crippen LogP contribution in [0.15, 0.2) is 141 Å². The Morgan fingerprint density at radius 1 is 0.468 bits per heavy atom. The minimum Gasteiger partial charge on any atom is -0.370 e. The molecule has 0 amide bonds. The zero-order chi connectivity index (χ0) is 45.3. The zero-order valence-electron chi connectivity index (χ0n) is 38.7. The number of hydrogen-bond donors (Lipinski definition) is 1. The molecular weight excluding hydrogens is 789 g/mol. The van der Waals surface area contributed by atoms with Gasteiger partial charge < -0.3 is 9.80 Å². The molecule has 6 aromatic rings.